The van der Waals surface area contributed by atoms with Gasteiger partial charge in [0, 0.05) is 5.92 Å². The molecule has 1 amide bonds. The van der Waals surface area contributed by atoms with Crippen molar-refractivity contribution in [2.24, 2.45) is 5.92 Å². The van der Waals surface area contributed by atoms with Crippen molar-refractivity contribution in [3.05, 3.63) is 0 Å². The highest BCUT2D eigenvalue weighted by Crippen LogP contribution is 2.13. The Morgan fingerprint density at radius 2 is 2.12 bits per heavy atom. The van der Waals surface area contributed by atoms with Gasteiger partial charge in [-0.05, 0) is 0 Å². The summed E-state index contributed by atoms with van der Waals surface area (Å²) in [7, 11) is 0. The van der Waals surface area contributed by atoms with E-state index in [1.54, 1.807) is 0 Å². The van der Waals surface area contributed by atoms with Gasteiger partial charge in [-0.1, -0.05) is 36.0 Å². The van der Waals surface area contributed by atoms with Crippen molar-refractivity contribution in [1.29, 1.82) is 0 Å². The molecule has 0 aromatic heterocycles. The summed E-state index contributed by atoms with van der Waals surface area (Å²) in [6.07, 6.45) is 4.72. The van der Waals surface area contributed by atoms with Gasteiger partial charge in [0.2, 0.25) is 0 Å². The largest absolute Gasteiger partial charge is 0.350 e. The Kier molecular flexibility index (Phi) is 6.07. The van der Waals surface area contributed by atoms with E-state index >= 15 is 0 Å². The molecule has 0 aromatic carbocycles. The number of hydrogen-bond acceptors (Lipinski definition) is 3. The maximum Gasteiger partial charge on any atom is 0.256 e. The minimum atomic E-state index is -1.12. The normalized spacial score (nSPS) is 24.4. The van der Waals surface area contributed by atoms with E-state index in [2.05, 4.69) is 5.92 Å². The molecule has 0 atom stereocenters. The first-order valence-electron chi connectivity index (χ1n) is 5.28. The second-order valence-electron chi connectivity index (χ2n) is 3.92. The first kappa shape index (κ1) is 14.6. The smallest absolute Gasteiger partial charge is 0.256 e. The number of ether oxygens (including phenoxy) is 2. The van der Waals surface area contributed by atoms with E-state index < -0.39 is 17.0 Å². The fraction of sp³-hybridized carbons (Fsp3) is 0.727. The predicted octanol–water partition coefficient (Wildman–Crippen LogP) is 1.26. The summed E-state index contributed by atoms with van der Waals surface area (Å²) in [6, 6.07) is 0. The minimum Gasteiger partial charge on any atom is -0.350 e. The van der Waals surface area contributed by atoms with Crippen molar-refractivity contribution in [2.75, 3.05) is 26.3 Å². The zero-order chi connectivity index (χ0) is 12.8. The molecule has 1 aliphatic heterocycles. The lowest BCUT2D eigenvalue weighted by molar-refractivity contribution is -0.204. The average Bonchev–Trinajstić information content (AvgIpc) is 2.30. The molecule has 17 heavy (non-hydrogen) atoms. The SMILES string of the molecule is C#CCN(CC1OCC(C)CO1)C(=O)C(Cl)Cl. The van der Waals surface area contributed by atoms with Crippen LogP contribution in [0.5, 0.6) is 0 Å². The van der Waals surface area contributed by atoms with Gasteiger partial charge in [-0.2, -0.15) is 0 Å². The van der Waals surface area contributed by atoms with Crippen molar-refractivity contribution in [3.8, 4) is 12.3 Å². The van der Waals surface area contributed by atoms with E-state index in [1.165, 1.54) is 4.90 Å². The molecule has 96 valence electrons. The number of carbonyl (C=O) groups is 1. The molecule has 1 fully saturated rings. The summed E-state index contributed by atoms with van der Waals surface area (Å²) in [5.74, 6) is 2.30. The molecular weight excluding hydrogens is 265 g/mol. The fourth-order valence-electron chi connectivity index (χ4n) is 1.41. The summed E-state index contributed by atoms with van der Waals surface area (Å²) in [5.41, 5.74) is 0. The van der Waals surface area contributed by atoms with Crippen molar-refractivity contribution in [1.82, 2.24) is 4.90 Å². The van der Waals surface area contributed by atoms with Gasteiger partial charge in [-0.15, -0.1) is 6.42 Å². The number of amides is 1. The van der Waals surface area contributed by atoms with Gasteiger partial charge in [0.15, 0.2) is 11.1 Å². The highest BCUT2D eigenvalue weighted by atomic mass is 35.5. The van der Waals surface area contributed by atoms with Crippen molar-refractivity contribution < 1.29 is 14.3 Å². The molecule has 0 radical (unpaired) electrons. The Morgan fingerprint density at radius 3 is 2.59 bits per heavy atom. The Hall–Kier alpha value is -0.470. The molecular formula is C11H15Cl2NO3. The van der Waals surface area contributed by atoms with E-state index in [9.17, 15) is 4.79 Å². The number of carbonyl (C=O) groups excluding carboxylic acids is 1. The summed E-state index contributed by atoms with van der Waals surface area (Å²) in [5, 5.41) is 0. The van der Waals surface area contributed by atoms with Gasteiger partial charge in [0.05, 0.1) is 26.3 Å². The number of alkyl halides is 2. The molecule has 4 nitrogen and oxygen atoms in total. The number of rotatable bonds is 4. The first-order chi connectivity index (χ1) is 8.04. The lowest BCUT2D eigenvalue weighted by atomic mass is 10.2. The minimum absolute atomic E-state index is 0.132. The van der Waals surface area contributed by atoms with Gasteiger partial charge in [0.25, 0.3) is 5.91 Å². The van der Waals surface area contributed by atoms with Gasteiger partial charge in [-0.25, -0.2) is 0 Å². The average molecular weight is 280 g/mol. The zero-order valence-electron chi connectivity index (χ0n) is 9.57. The molecule has 0 N–H and O–H groups in total. The summed E-state index contributed by atoms with van der Waals surface area (Å²) >= 11 is 11.0. The van der Waals surface area contributed by atoms with Crippen LogP contribution in [-0.4, -0.2) is 48.2 Å². The van der Waals surface area contributed by atoms with E-state index in [4.69, 9.17) is 39.1 Å². The van der Waals surface area contributed by atoms with Crippen molar-refractivity contribution in [2.45, 2.75) is 18.1 Å². The van der Waals surface area contributed by atoms with E-state index in [-0.39, 0.29) is 13.1 Å². The lowest BCUT2D eigenvalue weighted by Crippen LogP contribution is -2.44. The second kappa shape index (κ2) is 7.07. The monoisotopic (exact) mass is 279 g/mol. The summed E-state index contributed by atoms with van der Waals surface area (Å²) in [6.45, 7) is 3.61. The standard InChI is InChI=1S/C11H15Cl2NO3/c1-3-4-14(11(15)10(12)13)5-9-16-6-8(2)7-17-9/h1,8-10H,4-7H2,2H3. The van der Waals surface area contributed by atoms with Crippen LogP contribution in [0.4, 0.5) is 0 Å². The van der Waals surface area contributed by atoms with E-state index in [0.717, 1.165) is 0 Å². The van der Waals surface area contributed by atoms with Crippen LogP contribution >= 0.6 is 23.2 Å². The van der Waals surface area contributed by atoms with Crippen LogP contribution in [0.25, 0.3) is 0 Å². The van der Waals surface area contributed by atoms with Crippen molar-refractivity contribution in [3.63, 3.8) is 0 Å². The Labute approximate surface area is 111 Å². The van der Waals surface area contributed by atoms with Crippen LogP contribution in [0.3, 0.4) is 0 Å². The maximum absolute atomic E-state index is 11.6. The summed E-state index contributed by atoms with van der Waals surface area (Å²) in [4.78, 5) is 11.9. The van der Waals surface area contributed by atoms with Crippen LogP contribution in [0.1, 0.15) is 6.92 Å². The molecule has 0 saturated carbocycles. The van der Waals surface area contributed by atoms with Crippen molar-refractivity contribution >= 4 is 29.1 Å². The molecule has 0 unspecified atom stereocenters. The number of halogens is 2. The van der Waals surface area contributed by atoms with Gasteiger partial charge < -0.3 is 14.4 Å². The van der Waals surface area contributed by atoms with E-state index in [1.807, 2.05) is 6.92 Å². The highest BCUT2D eigenvalue weighted by molar-refractivity contribution is 6.53. The van der Waals surface area contributed by atoms with Crippen LogP contribution in [0, 0.1) is 18.3 Å². The quantitative estimate of drug-likeness (QED) is 0.575. The molecule has 1 aliphatic rings. The van der Waals surface area contributed by atoms with Crippen LogP contribution in [0.2, 0.25) is 0 Å². The fourth-order valence-corrected chi connectivity index (χ4v) is 1.68. The third-order valence-electron chi connectivity index (χ3n) is 2.28. The third kappa shape index (κ3) is 4.72. The molecule has 0 aromatic rings. The van der Waals surface area contributed by atoms with Gasteiger partial charge in [-0.3, -0.25) is 4.79 Å². The molecule has 1 heterocycles. The lowest BCUT2D eigenvalue weighted by Gasteiger charge is -2.31. The Bertz CT molecular complexity index is 296. The summed E-state index contributed by atoms with van der Waals surface area (Å²) < 4.78 is 10.9. The molecule has 6 heteroatoms. The van der Waals surface area contributed by atoms with Crippen LogP contribution in [-0.2, 0) is 14.3 Å². The third-order valence-corrected chi connectivity index (χ3v) is 2.66. The molecule has 0 spiro atoms. The molecule has 0 aliphatic carbocycles. The topological polar surface area (TPSA) is 38.8 Å². The van der Waals surface area contributed by atoms with Crippen LogP contribution in [0.15, 0.2) is 0 Å². The van der Waals surface area contributed by atoms with Gasteiger partial charge in [0.1, 0.15) is 0 Å². The zero-order valence-corrected chi connectivity index (χ0v) is 11.1. The number of terminal acetylenes is 1. The van der Waals surface area contributed by atoms with E-state index in [0.29, 0.717) is 19.1 Å². The van der Waals surface area contributed by atoms with Crippen LogP contribution < -0.4 is 0 Å². The second-order valence-corrected chi connectivity index (χ2v) is 5.02. The predicted molar refractivity (Wildman–Crippen MR) is 65.8 cm³/mol. The molecule has 0 bridgehead atoms. The molecule has 1 rings (SSSR count). The highest BCUT2D eigenvalue weighted by Gasteiger charge is 2.26. The Morgan fingerprint density at radius 1 is 1.53 bits per heavy atom. The first-order valence-corrected chi connectivity index (χ1v) is 6.15. The number of nitrogens with zero attached hydrogens (tertiary/aromatic N) is 1. The molecule has 1 saturated heterocycles. The Balaban J connectivity index is 2.49. The maximum atomic E-state index is 11.6. The van der Waals surface area contributed by atoms with Gasteiger partial charge >= 0.3 is 0 Å². The number of hydrogen-bond donors (Lipinski definition) is 0.